The zero-order chi connectivity index (χ0) is 13.0. The summed E-state index contributed by atoms with van der Waals surface area (Å²) in [5.41, 5.74) is 0.917. The van der Waals surface area contributed by atoms with Gasteiger partial charge in [0.1, 0.15) is 18.5 Å². The first-order valence-electron chi connectivity index (χ1n) is 6.01. The van der Waals surface area contributed by atoms with Crippen LogP contribution in [0.25, 0.3) is 10.9 Å². The van der Waals surface area contributed by atoms with Crippen LogP contribution in [0.5, 0.6) is 5.75 Å². The molecule has 0 saturated carbocycles. The summed E-state index contributed by atoms with van der Waals surface area (Å²) in [4.78, 5) is 0. The summed E-state index contributed by atoms with van der Waals surface area (Å²) in [6, 6.07) is 5.64. The van der Waals surface area contributed by atoms with Crippen LogP contribution in [-0.2, 0) is 4.74 Å². The zero-order valence-electron chi connectivity index (χ0n) is 10.6. The summed E-state index contributed by atoms with van der Waals surface area (Å²) in [6.07, 6.45) is 1.25. The lowest BCUT2D eigenvalue weighted by Crippen LogP contribution is -2.25. The number of aliphatic hydroxyl groups excluding tert-OH is 1. The molecule has 1 aromatic carbocycles. The van der Waals surface area contributed by atoms with Crippen LogP contribution >= 0.6 is 0 Å². The van der Waals surface area contributed by atoms with Gasteiger partial charge in [-0.15, -0.1) is 0 Å². The number of rotatable bonds is 6. The molecular formula is C13H18N2O3. The summed E-state index contributed by atoms with van der Waals surface area (Å²) in [5.74, 6) is 0.704. The van der Waals surface area contributed by atoms with Gasteiger partial charge in [-0.1, -0.05) is 0 Å². The molecule has 2 aromatic rings. The Bertz CT molecular complexity index is 496. The number of nitrogens with zero attached hydrogens (tertiary/aromatic N) is 1. The van der Waals surface area contributed by atoms with Crippen molar-refractivity contribution in [2.24, 2.45) is 0 Å². The van der Waals surface area contributed by atoms with Crippen LogP contribution in [0.3, 0.4) is 0 Å². The van der Waals surface area contributed by atoms with E-state index in [-0.39, 0.29) is 19.3 Å². The van der Waals surface area contributed by atoms with E-state index in [9.17, 15) is 5.11 Å². The summed E-state index contributed by atoms with van der Waals surface area (Å²) >= 11 is 0. The number of H-pyrrole nitrogens is 1. The lowest BCUT2D eigenvalue weighted by Gasteiger charge is -2.14. The first-order chi connectivity index (χ1) is 8.65. The number of nitrogens with one attached hydrogen (secondary N) is 1. The molecule has 0 amide bonds. The summed E-state index contributed by atoms with van der Waals surface area (Å²) in [6.45, 7) is 4.36. The monoisotopic (exact) mass is 250 g/mol. The zero-order valence-corrected chi connectivity index (χ0v) is 10.6. The van der Waals surface area contributed by atoms with Gasteiger partial charge in [0.25, 0.3) is 0 Å². The standard InChI is InChI=1S/C13H18N2O3/c1-9(2)17-7-11(16)8-18-12-4-3-10-6-14-15-13(10)5-12/h3-6,9,11,16H,7-8H2,1-2H3,(H,14,15)/t11-/m0/s1. The Morgan fingerprint density at radius 3 is 2.94 bits per heavy atom. The molecule has 0 radical (unpaired) electrons. The Labute approximate surface area is 106 Å². The minimum atomic E-state index is -0.620. The fourth-order valence-corrected chi connectivity index (χ4v) is 1.55. The highest BCUT2D eigenvalue weighted by Gasteiger charge is 2.07. The molecule has 0 spiro atoms. The Morgan fingerprint density at radius 2 is 2.17 bits per heavy atom. The normalized spacial score (nSPS) is 13.1. The second kappa shape index (κ2) is 5.84. The lowest BCUT2D eigenvalue weighted by atomic mass is 10.2. The topological polar surface area (TPSA) is 67.4 Å². The Morgan fingerprint density at radius 1 is 1.33 bits per heavy atom. The minimum absolute atomic E-state index is 0.112. The molecule has 0 bridgehead atoms. The number of ether oxygens (including phenoxy) is 2. The molecule has 0 unspecified atom stereocenters. The fourth-order valence-electron chi connectivity index (χ4n) is 1.55. The van der Waals surface area contributed by atoms with E-state index in [1.165, 1.54) is 0 Å². The van der Waals surface area contributed by atoms with Crippen LogP contribution in [0.2, 0.25) is 0 Å². The number of hydrogen-bond donors (Lipinski definition) is 2. The number of aromatic amines is 1. The van der Waals surface area contributed by atoms with E-state index in [0.717, 1.165) is 10.9 Å². The van der Waals surface area contributed by atoms with E-state index in [0.29, 0.717) is 5.75 Å². The van der Waals surface area contributed by atoms with E-state index in [1.54, 1.807) is 6.20 Å². The van der Waals surface area contributed by atoms with Crippen molar-refractivity contribution >= 4 is 10.9 Å². The van der Waals surface area contributed by atoms with Crippen molar-refractivity contribution in [2.75, 3.05) is 13.2 Å². The molecule has 5 heteroatoms. The highest BCUT2D eigenvalue weighted by Crippen LogP contribution is 2.18. The summed E-state index contributed by atoms with van der Waals surface area (Å²) < 4.78 is 10.8. The molecule has 1 aromatic heterocycles. The van der Waals surface area contributed by atoms with Gasteiger partial charge in [0, 0.05) is 11.5 Å². The van der Waals surface area contributed by atoms with E-state index >= 15 is 0 Å². The number of aromatic nitrogens is 2. The molecule has 0 fully saturated rings. The molecule has 1 atom stereocenters. The van der Waals surface area contributed by atoms with Crippen LogP contribution in [0.1, 0.15) is 13.8 Å². The largest absolute Gasteiger partial charge is 0.491 e. The maximum Gasteiger partial charge on any atom is 0.121 e. The average molecular weight is 250 g/mol. The maximum atomic E-state index is 9.66. The Hall–Kier alpha value is -1.59. The van der Waals surface area contributed by atoms with Gasteiger partial charge >= 0.3 is 0 Å². The van der Waals surface area contributed by atoms with Crippen LogP contribution in [-0.4, -0.2) is 40.7 Å². The molecule has 18 heavy (non-hydrogen) atoms. The number of hydrogen-bond acceptors (Lipinski definition) is 4. The first-order valence-corrected chi connectivity index (χ1v) is 6.01. The van der Waals surface area contributed by atoms with Crippen molar-refractivity contribution in [3.05, 3.63) is 24.4 Å². The van der Waals surface area contributed by atoms with Gasteiger partial charge in [0.15, 0.2) is 0 Å². The predicted octanol–water partition coefficient (Wildman–Crippen LogP) is 1.73. The third-order valence-electron chi connectivity index (χ3n) is 2.48. The molecule has 2 N–H and O–H groups in total. The minimum Gasteiger partial charge on any atom is -0.491 e. The molecule has 98 valence electrons. The molecule has 1 heterocycles. The average Bonchev–Trinajstić information content (AvgIpc) is 2.81. The van der Waals surface area contributed by atoms with Crippen molar-refractivity contribution in [3.63, 3.8) is 0 Å². The molecule has 0 aliphatic carbocycles. The van der Waals surface area contributed by atoms with E-state index in [2.05, 4.69) is 10.2 Å². The fraction of sp³-hybridized carbons (Fsp3) is 0.462. The van der Waals surface area contributed by atoms with Gasteiger partial charge in [0.05, 0.1) is 24.4 Å². The predicted molar refractivity (Wildman–Crippen MR) is 68.7 cm³/mol. The highest BCUT2D eigenvalue weighted by molar-refractivity contribution is 5.79. The quantitative estimate of drug-likeness (QED) is 0.819. The Kier molecular flexibility index (Phi) is 4.17. The number of benzene rings is 1. The van der Waals surface area contributed by atoms with Crippen molar-refractivity contribution in [1.29, 1.82) is 0 Å². The van der Waals surface area contributed by atoms with Gasteiger partial charge in [0.2, 0.25) is 0 Å². The van der Waals surface area contributed by atoms with Gasteiger partial charge in [-0.25, -0.2) is 0 Å². The van der Waals surface area contributed by atoms with E-state index in [4.69, 9.17) is 9.47 Å². The number of fused-ring (bicyclic) bond motifs is 1. The molecule has 2 rings (SSSR count). The van der Waals surface area contributed by atoms with Gasteiger partial charge < -0.3 is 14.6 Å². The van der Waals surface area contributed by atoms with Crippen LogP contribution in [0.4, 0.5) is 0 Å². The van der Waals surface area contributed by atoms with Crippen LogP contribution < -0.4 is 4.74 Å². The molecular weight excluding hydrogens is 232 g/mol. The third-order valence-corrected chi connectivity index (χ3v) is 2.48. The van der Waals surface area contributed by atoms with Gasteiger partial charge in [-0.3, -0.25) is 5.10 Å². The smallest absolute Gasteiger partial charge is 0.121 e. The van der Waals surface area contributed by atoms with Gasteiger partial charge in [-0.05, 0) is 26.0 Å². The van der Waals surface area contributed by atoms with Crippen molar-refractivity contribution in [1.82, 2.24) is 10.2 Å². The van der Waals surface area contributed by atoms with E-state index in [1.807, 2.05) is 32.0 Å². The second-order valence-electron chi connectivity index (χ2n) is 4.47. The van der Waals surface area contributed by atoms with Crippen molar-refractivity contribution < 1.29 is 14.6 Å². The third kappa shape index (κ3) is 3.45. The first kappa shape index (κ1) is 12.9. The molecule has 0 aliphatic rings. The van der Waals surface area contributed by atoms with E-state index < -0.39 is 6.10 Å². The SMILES string of the molecule is CC(C)OC[C@H](O)COc1ccc2cn[nH]c2c1. The second-order valence-corrected chi connectivity index (χ2v) is 4.47. The molecule has 5 nitrogen and oxygen atoms in total. The molecule has 0 saturated heterocycles. The Balaban J connectivity index is 1.85. The lowest BCUT2D eigenvalue weighted by molar-refractivity contribution is -0.0122. The van der Waals surface area contributed by atoms with Gasteiger partial charge in [-0.2, -0.15) is 5.10 Å². The molecule has 0 aliphatic heterocycles. The van der Waals surface area contributed by atoms with Crippen LogP contribution in [0, 0.1) is 0 Å². The van der Waals surface area contributed by atoms with Crippen molar-refractivity contribution in [3.8, 4) is 5.75 Å². The summed E-state index contributed by atoms with van der Waals surface area (Å²) in [7, 11) is 0. The maximum absolute atomic E-state index is 9.66. The summed E-state index contributed by atoms with van der Waals surface area (Å²) in [5, 5.41) is 17.5. The highest BCUT2D eigenvalue weighted by atomic mass is 16.5. The van der Waals surface area contributed by atoms with Crippen LogP contribution in [0.15, 0.2) is 24.4 Å². The number of aliphatic hydroxyl groups is 1. The van der Waals surface area contributed by atoms with Crippen molar-refractivity contribution in [2.45, 2.75) is 26.1 Å².